The van der Waals surface area contributed by atoms with E-state index < -0.39 is 17.6 Å². The lowest BCUT2D eigenvalue weighted by atomic mass is 10.1. The Kier molecular flexibility index (Phi) is 4.45. The van der Waals surface area contributed by atoms with Gasteiger partial charge in [-0.05, 0) is 18.2 Å². The second-order valence-electron chi connectivity index (χ2n) is 4.13. The van der Waals surface area contributed by atoms with Crippen LogP contribution in [0.3, 0.4) is 0 Å². The molecule has 0 radical (unpaired) electrons. The minimum atomic E-state index is -0.522. The molecule has 0 atom stereocenters. The average Bonchev–Trinajstić information content (AvgIpc) is 2.43. The maximum atomic E-state index is 13.7. The van der Waals surface area contributed by atoms with Gasteiger partial charge in [0.25, 0.3) is 11.8 Å². The van der Waals surface area contributed by atoms with Crippen LogP contribution < -0.4 is 0 Å². The number of carbonyl (C=O) groups is 2. The van der Waals surface area contributed by atoms with E-state index >= 15 is 0 Å². The number of benzene rings is 1. The molecule has 0 aliphatic carbocycles. The van der Waals surface area contributed by atoms with Crippen molar-refractivity contribution in [3.63, 3.8) is 0 Å². The molecule has 0 saturated carbocycles. The van der Waals surface area contributed by atoms with E-state index in [0.29, 0.717) is 5.56 Å². The van der Waals surface area contributed by atoms with Gasteiger partial charge in [0, 0.05) is 11.1 Å². The van der Waals surface area contributed by atoms with Crippen molar-refractivity contribution in [3.8, 4) is 11.8 Å². The number of imide groups is 1. The number of morpholine rings is 1. The van der Waals surface area contributed by atoms with Crippen molar-refractivity contribution < 1.29 is 23.8 Å². The molecule has 6 heteroatoms. The quantitative estimate of drug-likeness (QED) is 0.613. The van der Waals surface area contributed by atoms with E-state index in [1.807, 2.05) is 0 Å². The zero-order chi connectivity index (χ0) is 14.5. The molecule has 0 bridgehead atoms. The monoisotopic (exact) mass is 277 g/mol. The lowest BCUT2D eigenvalue weighted by molar-refractivity contribution is -0.159. The van der Waals surface area contributed by atoms with E-state index in [9.17, 15) is 14.0 Å². The summed E-state index contributed by atoms with van der Waals surface area (Å²) in [4.78, 5) is 24.1. The second kappa shape index (κ2) is 6.28. The molecule has 1 aliphatic rings. The maximum absolute atomic E-state index is 13.7. The van der Waals surface area contributed by atoms with E-state index in [-0.39, 0.29) is 31.9 Å². The van der Waals surface area contributed by atoms with Crippen LogP contribution in [-0.4, -0.2) is 41.6 Å². The van der Waals surface area contributed by atoms with Crippen LogP contribution in [0.1, 0.15) is 11.1 Å². The van der Waals surface area contributed by atoms with E-state index in [0.717, 1.165) is 4.90 Å². The number of aliphatic hydroxyl groups excluding tert-OH is 1. The Labute approximate surface area is 115 Å². The van der Waals surface area contributed by atoms with Crippen molar-refractivity contribution >= 4 is 11.8 Å². The lowest BCUT2D eigenvalue weighted by Crippen LogP contribution is -2.45. The average molecular weight is 277 g/mol. The molecule has 104 valence electrons. The number of ether oxygens (including phenoxy) is 1. The Bertz CT molecular complexity index is 587. The number of rotatable bonds is 2. The van der Waals surface area contributed by atoms with Gasteiger partial charge in [0.05, 0.1) is 6.54 Å². The lowest BCUT2D eigenvalue weighted by Gasteiger charge is -2.25. The Balaban J connectivity index is 2.23. The third-order valence-corrected chi connectivity index (χ3v) is 2.74. The van der Waals surface area contributed by atoms with Gasteiger partial charge < -0.3 is 9.84 Å². The maximum Gasteiger partial charge on any atom is 0.255 e. The fraction of sp³-hybridized carbons (Fsp3) is 0.286. The Morgan fingerprint density at radius 1 is 1.30 bits per heavy atom. The normalized spacial score (nSPS) is 15.0. The number of aliphatic hydroxyl groups is 1. The molecule has 1 saturated heterocycles. The third-order valence-electron chi connectivity index (χ3n) is 2.74. The van der Waals surface area contributed by atoms with E-state index in [4.69, 9.17) is 9.84 Å². The van der Waals surface area contributed by atoms with Crippen molar-refractivity contribution in [2.24, 2.45) is 0 Å². The van der Waals surface area contributed by atoms with Gasteiger partial charge in [0.2, 0.25) is 0 Å². The zero-order valence-corrected chi connectivity index (χ0v) is 10.6. The molecular formula is C14H12FNO4. The van der Waals surface area contributed by atoms with Crippen LogP contribution in [0.5, 0.6) is 0 Å². The second-order valence-corrected chi connectivity index (χ2v) is 4.13. The number of hydrogen-bond donors (Lipinski definition) is 1. The van der Waals surface area contributed by atoms with Crippen LogP contribution in [0.4, 0.5) is 4.39 Å². The minimum absolute atomic E-state index is 0.151. The smallest absolute Gasteiger partial charge is 0.255 e. The summed E-state index contributed by atoms with van der Waals surface area (Å²) in [6.45, 7) is -0.816. The molecular weight excluding hydrogens is 265 g/mol. The van der Waals surface area contributed by atoms with Gasteiger partial charge >= 0.3 is 0 Å². The van der Waals surface area contributed by atoms with Crippen LogP contribution in [0.25, 0.3) is 0 Å². The van der Waals surface area contributed by atoms with Gasteiger partial charge in [-0.2, -0.15) is 0 Å². The van der Waals surface area contributed by atoms with E-state index in [2.05, 4.69) is 11.8 Å². The highest BCUT2D eigenvalue weighted by Crippen LogP contribution is 2.14. The molecule has 2 rings (SSSR count). The molecule has 1 fully saturated rings. The van der Waals surface area contributed by atoms with Crippen LogP contribution in [0.15, 0.2) is 18.2 Å². The molecule has 1 aromatic rings. The largest absolute Gasteiger partial charge is 0.384 e. The number of amides is 2. The van der Waals surface area contributed by atoms with E-state index in [1.54, 1.807) is 0 Å². The SMILES string of the molecule is O=C1COCC(=O)N1Cc1cc(C#CCO)ccc1F. The van der Waals surface area contributed by atoms with Crippen LogP contribution in [0, 0.1) is 17.7 Å². The molecule has 1 aliphatic heterocycles. The van der Waals surface area contributed by atoms with Gasteiger partial charge in [-0.25, -0.2) is 4.39 Å². The molecule has 1 N–H and O–H groups in total. The third kappa shape index (κ3) is 3.20. The van der Waals surface area contributed by atoms with Crippen molar-refractivity contribution in [1.82, 2.24) is 4.90 Å². The molecule has 0 aromatic heterocycles. The fourth-order valence-electron chi connectivity index (χ4n) is 1.78. The highest BCUT2D eigenvalue weighted by atomic mass is 19.1. The van der Waals surface area contributed by atoms with Crippen LogP contribution in [-0.2, 0) is 20.9 Å². The summed E-state index contributed by atoms with van der Waals surface area (Å²) in [5, 5.41) is 8.62. The topological polar surface area (TPSA) is 66.8 Å². The number of nitrogens with zero attached hydrogens (tertiary/aromatic N) is 1. The molecule has 1 heterocycles. The highest BCUT2D eigenvalue weighted by Gasteiger charge is 2.27. The first kappa shape index (κ1) is 14.2. The Morgan fingerprint density at radius 3 is 2.65 bits per heavy atom. The van der Waals surface area contributed by atoms with Gasteiger partial charge in [-0.3, -0.25) is 14.5 Å². The highest BCUT2D eigenvalue weighted by molar-refractivity contribution is 5.98. The number of carbonyl (C=O) groups excluding carboxylic acids is 2. The van der Waals surface area contributed by atoms with Crippen molar-refractivity contribution in [2.45, 2.75) is 6.54 Å². The summed E-state index contributed by atoms with van der Waals surface area (Å²) in [6.07, 6.45) is 0. The fourth-order valence-corrected chi connectivity index (χ4v) is 1.78. The van der Waals surface area contributed by atoms with Crippen molar-refractivity contribution in [1.29, 1.82) is 0 Å². The summed E-state index contributed by atoms with van der Waals surface area (Å²) in [5.74, 6) is 3.58. The molecule has 20 heavy (non-hydrogen) atoms. The standard InChI is InChI=1S/C14H12FNO4/c15-12-4-3-10(2-1-5-17)6-11(12)7-16-13(18)8-20-9-14(16)19/h3-4,6,17H,5,7-9H2. The summed E-state index contributed by atoms with van der Waals surface area (Å²) >= 11 is 0. The first-order valence-electron chi connectivity index (χ1n) is 5.91. The van der Waals surface area contributed by atoms with Crippen LogP contribution in [0.2, 0.25) is 0 Å². The molecule has 5 nitrogen and oxygen atoms in total. The summed E-state index contributed by atoms with van der Waals surface area (Å²) in [7, 11) is 0. The Hall–Kier alpha value is -2.23. The zero-order valence-electron chi connectivity index (χ0n) is 10.6. The van der Waals surface area contributed by atoms with Gasteiger partial charge in [0.15, 0.2) is 0 Å². The molecule has 1 aromatic carbocycles. The Morgan fingerprint density at radius 2 is 2.00 bits per heavy atom. The van der Waals surface area contributed by atoms with Gasteiger partial charge in [-0.15, -0.1) is 0 Å². The summed E-state index contributed by atoms with van der Waals surface area (Å²) < 4.78 is 18.5. The first-order chi connectivity index (χ1) is 9.61. The van der Waals surface area contributed by atoms with Crippen LogP contribution >= 0.6 is 0 Å². The van der Waals surface area contributed by atoms with Gasteiger partial charge in [-0.1, -0.05) is 11.8 Å². The van der Waals surface area contributed by atoms with Gasteiger partial charge in [0.1, 0.15) is 25.6 Å². The molecule has 2 amide bonds. The minimum Gasteiger partial charge on any atom is -0.384 e. The molecule has 0 spiro atoms. The van der Waals surface area contributed by atoms with E-state index in [1.165, 1.54) is 18.2 Å². The number of halogens is 1. The predicted octanol–water partition coefficient (Wildman–Crippen LogP) is 0.0549. The predicted molar refractivity (Wildman–Crippen MR) is 66.7 cm³/mol. The number of hydrogen-bond acceptors (Lipinski definition) is 4. The van der Waals surface area contributed by atoms with Crippen molar-refractivity contribution in [2.75, 3.05) is 19.8 Å². The first-order valence-corrected chi connectivity index (χ1v) is 5.91. The summed E-state index contributed by atoms with van der Waals surface area (Å²) in [6, 6.07) is 4.13. The molecule has 0 unspecified atom stereocenters. The summed E-state index contributed by atoms with van der Waals surface area (Å²) in [5.41, 5.74) is 0.696. The van der Waals surface area contributed by atoms with Crippen molar-refractivity contribution in [3.05, 3.63) is 35.1 Å².